The third kappa shape index (κ3) is 3.11. The lowest BCUT2D eigenvalue weighted by atomic mass is 10.1. The highest BCUT2D eigenvalue weighted by Crippen LogP contribution is 2.25. The molecule has 0 bridgehead atoms. The number of halogens is 1. The summed E-state index contributed by atoms with van der Waals surface area (Å²) in [6, 6.07) is 4.55. The molecule has 0 atom stereocenters. The van der Waals surface area contributed by atoms with Crippen LogP contribution in [-0.4, -0.2) is 21.5 Å². The van der Waals surface area contributed by atoms with E-state index >= 15 is 0 Å². The third-order valence-corrected chi connectivity index (χ3v) is 3.12. The molecule has 2 rings (SSSR count). The van der Waals surface area contributed by atoms with E-state index < -0.39 is 16.2 Å². The summed E-state index contributed by atoms with van der Waals surface area (Å²) in [4.78, 5) is 35.3. The molecular formula is C12H11ClN4O4. The summed E-state index contributed by atoms with van der Waals surface area (Å²) in [5.41, 5.74) is -0.501. The number of nitro benzene ring substituents is 1. The fourth-order valence-corrected chi connectivity index (χ4v) is 2.00. The molecule has 1 aromatic heterocycles. The van der Waals surface area contributed by atoms with Crippen molar-refractivity contribution in [1.82, 2.24) is 9.55 Å². The average molecular weight is 311 g/mol. The third-order valence-electron chi connectivity index (χ3n) is 2.85. The second-order valence-electron chi connectivity index (χ2n) is 4.22. The molecule has 2 aromatic rings. The monoisotopic (exact) mass is 310 g/mol. The Bertz CT molecular complexity index is 812. The number of hydrogen-bond donors (Lipinski definition) is 2. The Morgan fingerprint density at radius 3 is 2.76 bits per heavy atom. The molecule has 0 saturated carbocycles. The maximum absolute atomic E-state index is 11.6. The van der Waals surface area contributed by atoms with Crippen molar-refractivity contribution in [2.24, 2.45) is 0 Å². The summed E-state index contributed by atoms with van der Waals surface area (Å²) in [5, 5.41) is 13.6. The molecule has 0 aliphatic rings. The predicted molar refractivity (Wildman–Crippen MR) is 78.1 cm³/mol. The van der Waals surface area contributed by atoms with E-state index in [9.17, 15) is 19.7 Å². The summed E-state index contributed by atoms with van der Waals surface area (Å²) in [6.07, 6.45) is 1.19. The highest BCUT2D eigenvalue weighted by molar-refractivity contribution is 6.30. The first-order valence-electron chi connectivity index (χ1n) is 5.86. The van der Waals surface area contributed by atoms with Crippen LogP contribution in [0.3, 0.4) is 0 Å². The molecule has 9 heteroatoms. The van der Waals surface area contributed by atoms with E-state index in [-0.39, 0.29) is 17.3 Å². The van der Waals surface area contributed by atoms with Gasteiger partial charge in [0.25, 0.3) is 11.2 Å². The van der Waals surface area contributed by atoms with Crippen molar-refractivity contribution < 1.29 is 4.92 Å². The normalized spacial score (nSPS) is 10.4. The van der Waals surface area contributed by atoms with Crippen molar-refractivity contribution >= 4 is 23.0 Å². The lowest BCUT2D eigenvalue weighted by Crippen LogP contribution is -2.29. The molecule has 0 amide bonds. The first-order chi connectivity index (χ1) is 9.92. The Labute approximate surface area is 123 Å². The van der Waals surface area contributed by atoms with Gasteiger partial charge in [0.1, 0.15) is 10.7 Å². The maximum Gasteiger partial charge on any atom is 0.328 e. The average Bonchev–Trinajstić information content (AvgIpc) is 2.44. The van der Waals surface area contributed by atoms with Gasteiger partial charge < -0.3 is 5.32 Å². The number of nitrogens with one attached hydrogen (secondary N) is 2. The van der Waals surface area contributed by atoms with Crippen LogP contribution in [-0.2, 0) is 6.54 Å². The van der Waals surface area contributed by atoms with Crippen molar-refractivity contribution in [3.8, 4) is 0 Å². The minimum Gasteiger partial charge on any atom is -0.383 e. The van der Waals surface area contributed by atoms with Gasteiger partial charge in [-0.2, -0.15) is 0 Å². The van der Waals surface area contributed by atoms with Crippen molar-refractivity contribution in [3.63, 3.8) is 0 Å². The maximum atomic E-state index is 11.6. The second-order valence-corrected chi connectivity index (χ2v) is 4.63. The Morgan fingerprint density at radius 2 is 2.14 bits per heavy atom. The van der Waals surface area contributed by atoms with Gasteiger partial charge in [-0.15, -0.1) is 0 Å². The minimum atomic E-state index is -0.672. The quantitative estimate of drug-likeness (QED) is 0.651. The summed E-state index contributed by atoms with van der Waals surface area (Å²) < 4.78 is 1.17. The molecule has 1 aromatic carbocycles. The van der Waals surface area contributed by atoms with Crippen LogP contribution >= 0.6 is 11.6 Å². The molecule has 0 spiro atoms. The number of hydrogen-bond acceptors (Lipinski definition) is 5. The number of anilines is 1. The lowest BCUT2D eigenvalue weighted by Gasteiger charge is -2.07. The fraction of sp³-hybridized carbons (Fsp3) is 0.167. The molecule has 2 N–H and O–H groups in total. The zero-order valence-corrected chi connectivity index (χ0v) is 11.7. The number of benzene rings is 1. The Morgan fingerprint density at radius 1 is 1.43 bits per heavy atom. The summed E-state index contributed by atoms with van der Waals surface area (Å²) in [5.74, 6) is 0. The van der Waals surface area contributed by atoms with E-state index in [1.165, 1.54) is 16.8 Å². The van der Waals surface area contributed by atoms with Gasteiger partial charge in [-0.05, 0) is 11.6 Å². The van der Waals surface area contributed by atoms with E-state index in [2.05, 4.69) is 10.3 Å². The molecule has 0 aliphatic carbocycles. The number of nitro groups is 1. The highest BCUT2D eigenvalue weighted by atomic mass is 35.5. The molecule has 0 unspecified atom stereocenters. The van der Waals surface area contributed by atoms with Gasteiger partial charge in [-0.25, -0.2) is 4.79 Å². The second kappa shape index (κ2) is 5.80. The van der Waals surface area contributed by atoms with Crippen LogP contribution in [0.1, 0.15) is 5.56 Å². The van der Waals surface area contributed by atoms with Crippen LogP contribution in [0.5, 0.6) is 0 Å². The van der Waals surface area contributed by atoms with Crippen LogP contribution in [0.25, 0.3) is 0 Å². The van der Waals surface area contributed by atoms with Gasteiger partial charge in [-0.3, -0.25) is 24.5 Å². The Hall–Kier alpha value is -2.61. The minimum absolute atomic E-state index is 0.0557. The smallest absolute Gasteiger partial charge is 0.328 e. The van der Waals surface area contributed by atoms with Crippen LogP contribution in [0.4, 0.5) is 11.4 Å². The molecular weight excluding hydrogens is 300 g/mol. The number of nitrogens with zero attached hydrogens (tertiary/aromatic N) is 2. The summed E-state index contributed by atoms with van der Waals surface area (Å²) >= 11 is 5.66. The molecule has 0 saturated heterocycles. The van der Waals surface area contributed by atoms with Crippen LogP contribution in [0.2, 0.25) is 5.02 Å². The van der Waals surface area contributed by atoms with Gasteiger partial charge in [0.15, 0.2) is 0 Å². The van der Waals surface area contributed by atoms with Crippen LogP contribution in [0, 0.1) is 10.1 Å². The molecule has 21 heavy (non-hydrogen) atoms. The van der Waals surface area contributed by atoms with Crippen molar-refractivity contribution in [2.45, 2.75) is 6.54 Å². The van der Waals surface area contributed by atoms with E-state index in [0.29, 0.717) is 11.3 Å². The SMILES string of the molecule is CNc1ccc(Cn2cc(Cl)c(=O)[nH]c2=O)cc1[N+](=O)[O-]. The molecule has 0 aliphatic heterocycles. The first-order valence-corrected chi connectivity index (χ1v) is 6.24. The van der Waals surface area contributed by atoms with Crippen LogP contribution in [0.15, 0.2) is 34.0 Å². The number of rotatable bonds is 4. The van der Waals surface area contributed by atoms with Gasteiger partial charge in [0.05, 0.1) is 11.5 Å². The van der Waals surface area contributed by atoms with Gasteiger partial charge in [-0.1, -0.05) is 17.7 Å². The van der Waals surface area contributed by atoms with Gasteiger partial charge in [0.2, 0.25) is 0 Å². The zero-order chi connectivity index (χ0) is 15.6. The topological polar surface area (TPSA) is 110 Å². The van der Waals surface area contributed by atoms with Crippen molar-refractivity contribution in [2.75, 3.05) is 12.4 Å². The van der Waals surface area contributed by atoms with E-state index in [0.717, 1.165) is 0 Å². The molecule has 8 nitrogen and oxygen atoms in total. The standard InChI is InChI=1S/C12H11ClN4O4/c1-14-9-3-2-7(4-10(9)17(20)21)5-16-6-8(13)11(18)15-12(16)19/h2-4,6,14H,5H2,1H3,(H,15,18,19). The Kier molecular flexibility index (Phi) is 4.08. The molecule has 0 fully saturated rings. The van der Waals surface area contributed by atoms with E-state index in [1.54, 1.807) is 19.2 Å². The summed E-state index contributed by atoms with van der Waals surface area (Å²) in [6.45, 7) is 0.0557. The van der Waals surface area contributed by atoms with Crippen molar-refractivity contribution in [1.29, 1.82) is 0 Å². The number of aromatic amines is 1. The predicted octanol–water partition coefficient (Wildman–Crippen LogP) is 1.19. The number of aromatic nitrogens is 2. The molecule has 0 radical (unpaired) electrons. The first kappa shape index (κ1) is 14.8. The van der Waals surface area contributed by atoms with Crippen molar-refractivity contribution in [3.05, 3.63) is 65.9 Å². The van der Waals surface area contributed by atoms with Gasteiger partial charge >= 0.3 is 5.69 Å². The molecule has 1 heterocycles. The molecule has 110 valence electrons. The largest absolute Gasteiger partial charge is 0.383 e. The van der Waals surface area contributed by atoms with Crippen LogP contribution < -0.4 is 16.6 Å². The Balaban J connectivity index is 2.43. The van der Waals surface area contributed by atoms with E-state index in [4.69, 9.17) is 11.6 Å². The fourth-order valence-electron chi connectivity index (χ4n) is 1.83. The van der Waals surface area contributed by atoms with E-state index in [1.807, 2.05) is 0 Å². The summed E-state index contributed by atoms with van der Waals surface area (Å²) in [7, 11) is 1.58. The zero-order valence-electron chi connectivity index (χ0n) is 10.9. The lowest BCUT2D eigenvalue weighted by molar-refractivity contribution is -0.384. The van der Waals surface area contributed by atoms with Gasteiger partial charge in [0, 0.05) is 19.3 Å². The highest BCUT2D eigenvalue weighted by Gasteiger charge is 2.14. The number of H-pyrrole nitrogens is 1.